The van der Waals surface area contributed by atoms with Crippen LogP contribution in [0.2, 0.25) is 0 Å². The van der Waals surface area contributed by atoms with Gasteiger partial charge in [-0.1, -0.05) is 11.1 Å². The summed E-state index contributed by atoms with van der Waals surface area (Å²) in [5.74, 6) is 2.27. The number of rotatable bonds is 0. The van der Waals surface area contributed by atoms with Gasteiger partial charge in [-0.25, -0.2) is 0 Å². The van der Waals surface area contributed by atoms with Crippen molar-refractivity contribution >= 4 is 0 Å². The molecule has 5 aliphatic carbocycles. The summed E-state index contributed by atoms with van der Waals surface area (Å²) >= 11 is 0. The first-order chi connectivity index (χ1) is 3.47. The summed E-state index contributed by atoms with van der Waals surface area (Å²) in [5, 5.41) is 0. The Morgan fingerprint density at radius 2 is 2.00 bits per heavy atom. The smallest absolute Gasteiger partial charge is 0.00971 e. The first-order valence-corrected chi connectivity index (χ1v) is 3.18. The number of fused-ring (bicyclic) bond motifs is 1. The third-order valence-electron chi connectivity index (χ3n) is 2.96. The van der Waals surface area contributed by atoms with Crippen molar-refractivity contribution in [2.75, 3.05) is 0 Å². The van der Waals surface area contributed by atoms with Gasteiger partial charge in [0.1, 0.15) is 0 Å². The molecule has 5 rings (SSSR count). The summed E-state index contributed by atoms with van der Waals surface area (Å²) in [6.07, 6.45) is 4.50. The highest BCUT2D eigenvalue weighted by molar-refractivity contribution is 5.48. The highest BCUT2D eigenvalue weighted by atomic mass is 14.6. The fraction of sp³-hybridized carbons (Fsp3) is 0.714. The normalized spacial score (nSPS) is 51.4. The van der Waals surface area contributed by atoms with E-state index in [2.05, 4.69) is 0 Å². The van der Waals surface area contributed by atoms with Crippen LogP contribution in [0.4, 0.5) is 0 Å². The van der Waals surface area contributed by atoms with Crippen LogP contribution in [0.3, 0.4) is 0 Å². The lowest BCUT2D eigenvalue weighted by atomic mass is 9.57. The molecule has 0 heterocycles. The zero-order chi connectivity index (χ0) is 4.43. The van der Waals surface area contributed by atoms with Crippen LogP contribution in [0, 0.1) is 11.8 Å². The van der Waals surface area contributed by atoms with E-state index in [1.165, 1.54) is 19.3 Å². The number of hydrogen-bond donors (Lipinski definition) is 0. The highest BCUT2D eigenvalue weighted by Crippen LogP contribution is 2.66. The van der Waals surface area contributed by atoms with Crippen LogP contribution >= 0.6 is 0 Å². The lowest BCUT2D eigenvalue weighted by molar-refractivity contribution is 0.292. The van der Waals surface area contributed by atoms with Crippen LogP contribution in [0.5, 0.6) is 0 Å². The van der Waals surface area contributed by atoms with E-state index in [-0.39, 0.29) is 0 Å². The van der Waals surface area contributed by atoms with Crippen LogP contribution in [-0.4, -0.2) is 0 Å². The van der Waals surface area contributed by atoms with Crippen molar-refractivity contribution in [2.24, 2.45) is 11.8 Å². The standard InChI is InChI=1S/C7H8/c1-2-5-6-3-7(5)4(1)6/h4,6H,1-3H2/t4?,6-/m0/s1. The van der Waals surface area contributed by atoms with Crippen LogP contribution in [0.25, 0.3) is 0 Å². The molecule has 0 amide bonds. The lowest BCUT2D eigenvalue weighted by Gasteiger charge is -2.47. The number of allylic oxidation sites excluding steroid dienone is 2. The summed E-state index contributed by atoms with van der Waals surface area (Å²) < 4.78 is 0. The molecule has 0 heteroatoms. The van der Waals surface area contributed by atoms with Gasteiger partial charge >= 0.3 is 0 Å². The van der Waals surface area contributed by atoms with Crippen molar-refractivity contribution in [3.63, 3.8) is 0 Å². The first kappa shape index (κ1) is 2.91. The molecule has 5 aliphatic rings. The highest BCUT2D eigenvalue weighted by Gasteiger charge is 2.54. The van der Waals surface area contributed by atoms with Gasteiger partial charge in [-0.15, -0.1) is 0 Å². The van der Waals surface area contributed by atoms with Gasteiger partial charge in [0.2, 0.25) is 0 Å². The molecule has 0 N–H and O–H groups in total. The van der Waals surface area contributed by atoms with Crippen LogP contribution in [0.15, 0.2) is 11.1 Å². The molecule has 1 unspecified atom stereocenters. The average Bonchev–Trinajstić information content (AvgIpc) is 1.82. The van der Waals surface area contributed by atoms with Crippen molar-refractivity contribution in [1.82, 2.24) is 0 Å². The van der Waals surface area contributed by atoms with Crippen LogP contribution in [0.1, 0.15) is 19.3 Å². The average molecular weight is 92.1 g/mol. The van der Waals surface area contributed by atoms with E-state index >= 15 is 0 Å². The van der Waals surface area contributed by atoms with Gasteiger partial charge in [-0.2, -0.15) is 0 Å². The molecule has 0 radical (unpaired) electrons. The topological polar surface area (TPSA) is 0 Å². The summed E-state index contributed by atoms with van der Waals surface area (Å²) in [4.78, 5) is 0. The molecule has 0 aromatic rings. The minimum Gasteiger partial charge on any atom is -0.0666 e. The second kappa shape index (κ2) is 0.594. The van der Waals surface area contributed by atoms with E-state index in [9.17, 15) is 0 Å². The van der Waals surface area contributed by atoms with E-state index in [0.717, 1.165) is 11.8 Å². The molecule has 2 saturated carbocycles. The summed E-state index contributed by atoms with van der Waals surface area (Å²) in [5.41, 5.74) is 3.73. The molecule has 0 aliphatic heterocycles. The molecule has 7 heavy (non-hydrogen) atoms. The minimum absolute atomic E-state index is 1.13. The zero-order valence-electron chi connectivity index (χ0n) is 4.28. The minimum atomic E-state index is 1.13. The van der Waals surface area contributed by atoms with Gasteiger partial charge < -0.3 is 0 Å². The molecule has 0 spiro atoms. The van der Waals surface area contributed by atoms with Gasteiger partial charge in [-0.05, 0) is 31.1 Å². The van der Waals surface area contributed by atoms with Crippen molar-refractivity contribution in [3.8, 4) is 0 Å². The Kier molecular flexibility index (Phi) is 0.247. The summed E-state index contributed by atoms with van der Waals surface area (Å²) in [7, 11) is 0. The predicted molar refractivity (Wildman–Crippen MR) is 27.9 cm³/mol. The largest absolute Gasteiger partial charge is 0.0666 e. The third-order valence-corrected chi connectivity index (χ3v) is 2.96. The Bertz CT molecular complexity index is 159. The molecular weight excluding hydrogens is 84.1 g/mol. The van der Waals surface area contributed by atoms with Gasteiger partial charge in [-0.3, -0.25) is 0 Å². The van der Waals surface area contributed by atoms with Crippen molar-refractivity contribution in [3.05, 3.63) is 11.1 Å². The summed E-state index contributed by atoms with van der Waals surface area (Å²) in [6.45, 7) is 0. The Labute approximate surface area is 43.2 Å². The lowest BCUT2D eigenvalue weighted by Crippen LogP contribution is -2.36. The fourth-order valence-electron chi connectivity index (χ4n) is 2.39. The van der Waals surface area contributed by atoms with E-state index in [1.54, 1.807) is 0 Å². The van der Waals surface area contributed by atoms with E-state index in [1.807, 2.05) is 11.1 Å². The molecule has 4 bridgehead atoms. The molecule has 0 nitrogen and oxygen atoms in total. The third kappa shape index (κ3) is 0.131. The van der Waals surface area contributed by atoms with E-state index in [0.29, 0.717) is 0 Å². The molecule has 2 fully saturated rings. The maximum absolute atomic E-state index is 1.87. The first-order valence-electron chi connectivity index (χ1n) is 3.18. The second-order valence-electron chi connectivity index (χ2n) is 3.01. The number of hydrogen-bond acceptors (Lipinski definition) is 0. The maximum atomic E-state index is 1.87. The molecule has 0 saturated heterocycles. The second-order valence-corrected chi connectivity index (χ2v) is 3.01. The van der Waals surface area contributed by atoms with Gasteiger partial charge in [0, 0.05) is 0 Å². The molecule has 0 aromatic carbocycles. The van der Waals surface area contributed by atoms with Gasteiger partial charge in [0.25, 0.3) is 0 Å². The van der Waals surface area contributed by atoms with Crippen molar-refractivity contribution < 1.29 is 0 Å². The quantitative estimate of drug-likeness (QED) is 0.399. The van der Waals surface area contributed by atoms with E-state index < -0.39 is 0 Å². The predicted octanol–water partition coefficient (Wildman–Crippen LogP) is 1.73. The maximum Gasteiger partial charge on any atom is -0.00971 e. The molecular formula is C7H8. The Morgan fingerprint density at radius 3 is 2.14 bits per heavy atom. The molecule has 2 atom stereocenters. The SMILES string of the molecule is C1CC2C3=C1[C@H]2C3. The zero-order valence-corrected chi connectivity index (χ0v) is 4.28. The Morgan fingerprint density at radius 1 is 1.14 bits per heavy atom. The fourth-order valence-corrected chi connectivity index (χ4v) is 2.39. The van der Waals surface area contributed by atoms with Gasteiger partial charge in [0.15, 0.2) is 0 Å². The van der Waals surface area contributed by atoms with Crippen LogP contribution < -0.4 is 0 Å². The summed E-state index contributed by atoms with van der Waals surface area (Å²) in [6, 6.07) is 0. The molecule has 36 valence electrons. The van der Waals surface area contributed by atoms with Crippen molar-refractivity contribution in [1.29, 1.82) is 0 Å². The van der Waals surface area contributed by atoms with Crippen LogP contribution in [-0.2, 0) is 0 Å². The van der Waals surface area contributed by atoms with Crippen molar-refractivity contribution in [2.45, 2.75) is 19.3 Å². The Hall–Kier alpha value is -0.260. The monoisotopic (exact) mass is 92.1 g/mol. The van der Waals surface area contributed by atoms with Gasteiger partial charge in [0.05, 0.1) is 0 Å². The van der Waals surface area contributed by atoms with E-state index in [4.69, 9.17) is 0 Å². The molecule has 0 aromatic heterocycles. The Balaban J connectivity index is 2.32.